The summed E-state index contributed by atoms with van der Waals surface area (Å²) in [7, 11) is 0. The zero-order valence-electron chi connectivity index (χ0n) is 10.2. The molecule has 0 radical (unpaired) electrons. The molecule has 1 unspecified atom stereocenters. The van der Waals surface area contributed by atoms with E-state index in [2.05, 4.69) is 10.6 Å². The Kier molecular flexibility index (Phi) is 3.75. The first-order chi connectivity index (χ1) is 7.71. The van der Waals surface area contributed by atoms with Crippen LogP contribution < -0.4 is 10.6 Å². The molecule has 6 nitrogen and oxygen atoms in total. The maximum Gasteiger partial charge on any atom is 0.326 e. The van der Waals surface area contributed by atoms with E-state index >= 15 is 0 Å². The van der Waals surface area contributed by atoms with Gasteiger partial charge in [-0.25, -0.2) is 4.79 Å². The average Bonchev–Trinajstić information content (AvgIpc) is 2.58. The molecule has 0 bridgehead atoms. The lowest BCUT2D eigenvalue weighted by atomic mass is 9.86. The Morgan fingerprint density at radius 2 is 2.06 bits per heavy atom. The molecule has 0 aromatic rings. The Labute approximate surface area is 99.8 Å². The molecule has 1 fully saturated rings. The number of rotatable bonds is 3. The van der Waals surface area contributed by atoms with E-state index in [0.717, 1.165) is 0 Å². The minimum Gasteiger partial charge on any atom is -0.480 e. The molecule has 1 aliphatic heterocycles. The van der Waals surface area contributed by atoms with Gasteiger partial charge in [0.05, 0.1) is 0 Å². The molecule has 96 valence electrons. The SMILES string of the molecule is CC(C)(C)[C@@H](NC(=O)C1CCC(=O)N1)C(=O)O. The predicted octanol–water partition coefficient (Wildman–Crippen LogP) is -0.119. The van der Waals surface area contributed by atoms with E-state index in [0.29, 0.717) is 12.8 Å². The van der Waals surface area contributed by atoms with Crippen LogP contribution in [0, 0.1) is 5.41 Å². The van der Waals surface area contributed by atoms with Crippen molar-refractivity contribution < 1.29 is 19.5 Å². The molecule has 0 aliphatic carbocycles. The van der Waals surface area contributed by atoms with Gasteiger partial charge in [0.15, 0.2) is 0 Å². The van der Waals surface area contributed by atoms with Crippen molar-refractivity contribution >= 4 is 17.8 Å². The van der Waals surface area contributed by atoms with Crippen LogP contribution in [0.15, 0.2) is 0 Å². The van der Waals surface area contributed by atoms with Gasteiger partial charge >= 0.3 is 5.97 Å². The van der Waals surface area contributed by atoms with Crippen molar-refractivity contribution in [2.75, 3.05) is 0 Å². The second-order valence-electron chi connectivity index (χ2n) is 5.30. The van der Waals surface area contributed by atoms with Crippen LogP contribution in [0.5, 0.6) is 0 Å². The number of amides is 2. The van der Waals surface area contributed by atoms with Crippen molar-refractivity contribution in [2.24, 2.45) is 5.41 Å². The highest BCUT2D eigenvalue weighted by molar-refractivity contribution is 5.93. The summed E-state index contributed by atoms with van der Waals surface area (Å²) in [5.41, 5.74) is -0.579. The largest absolute Gasteiger partial charge is 0.480 e. The van der Waals surface area contributed by atoms with Crippen molar-refractivity contribution in [1.29, 1.82) is 0 Å². The lowest BCUT2D eigenvalue weighted by molar-refractivity contribution is -0.145. The molecule has 0 aromatic carbocycles. The monoisotopic (exact) mass is 242 g/mol. The fraction of sp³-hybridized carbons (Fsp3) is 0.727. The van der Waals surface area contributed by atoms with Gasteiger partial charge in [0.1, 0.15) is 12.1 Å². The molecule has 3 N–H and O–H groups in total. The first kappa shape index (κ1) is 13.5. The van der Waals surface area contributed by atoms with Crippen LogP contribution in [0.1, 0.15) is 33.6 Å². The Balaban J connectivity index is 2.65. The third-order valence-electron chi connectivity index (χ3n) is 2.71. The molecular formula is C11H18N2O4. The van der Waals surface area contributed by atoms with Gasteiger partial charge in [0.2, 0.25) is 11.8 Å². The maximum absolute atomic E-state index is 11.8. The number of carbonyl (C=O) groups excluding carboxylic acids is 2. The minimum atomic E-state index is -1.07. The van der Waals surface area contributed by atoms with Gasteiger partial charge in [0, 0.05) is 6.42 Å². The van der Waals surface area contributed by atoms with Gasteiger partial charge < -0.3 is 15.7 Å². The zero-order valence-corrected chi connectivity index (χ0v) is 10.2. The van der Waals surface area contributed by atoms with E-state index in [9.17, 15) is 14.4 Å². The van der Waals surface area contributed by atoms with Gasteiger partial charge in [-0.2, -0.15) is 0 Å². The third kappa shape index (κ3) is 3.44. The molecule has 1 rings (SSSR count). The van der Waals surface area contributed by atoms with Crippen LogP contribution in [0.2, 0.25) is 0 Å². The van der Waals surface area contributed by atoms with E-state index in [1.807, 2.05) is 0 Å². The smallest absolute Gasteiger partial charge is 0.326 e. The number of carbonyl (C=O) groups is 3. The Hall–Kier alpha value is -1.59. The van der Waals surface area contributed by atoms with E-state index in [-0.39, 0.29) is 5.91 Å². The fourth-order valence-corrected chi connectivity index (χ4v) is 1.70. The topological polar surface area (TPSA) is 95.5 Å². The Morgan fingerprint density at radius 3 is 2.41 bits per heavy atom. The molecule has 1 saturated heterocycles. The Bertz CT molecular complexity index is 346. The number of carboxylic acids is 1. The standard InChI is InChI=1S/C11H18N2O4/c1-11(2,3)8(10(16)17)13-9(15)6-4-5-7(14)12-6/h6,8H,4-5H2,1-3H3,(H,12,14)(H,13,15)(H,16,17)/t6?,8-/m0/s1. The normalized spacial score (nSPS) is 21.8. The van der Waals surface area contributed by atoms with Crippen molar-refractivity contribution in [3.8, 4) is 0 Å². The molecule has 1 heterocycles. The van der Waals surface area contributed by atoms with E-state index in [1.165, 1.54) is 0 Å². The van der Waals surface area contributed by atoms with Crippen LogP contribution in [-0.2, 0) is 14.4 Å². The summed E-state index contributed by atoms with van der Waals surface area (Å²) in [4.78, 5) is 33.8. The van der Waals surface area contributed by atoms with E-state index in [1.54, 1.807) is 20.8 Å². The lowest BCUT2D eigenvalue weighted by Crippen LogP contribution is -2.53. The first-order valence-corrected chi connectivity index (χ1v) is 5.54. The maximum atomic E-state index is 11.8. The molecule has 2 amide bonds. The van der Waals surface area contributed by atoms with Crippen molar-refractivity contribution in [1.82, 2.24) is 10.6 Å². The quantitative estimate of drug-likeness (QED) is 0.643. The molecule has 6 heteroatoms. The van der Waals surface area contributed by atoms with Crippen molar-refractivity contribution in [3.05, 3.63) is 0 Å². The van der Waals surface area contributed by atoms with Gasteiger partial charge in [-0.1, -0.05) is 20.8 Å². The lowest BCUT2D eigenvalue weighted by Gasteiger charge is -2.28. The van der Waals surface area contributed by atoms with Crippen LogP contribution in [0.25, 0.3) is 0 Å². The second-order valence-corrected chi connectivity index (χ2v) is 5.30. The summed E-state index contributed by atoms with van der Waals surface area (Å²) in [6, 6.07) is -1.57. The van der Waals surface area contributed by atoms with Gasteiger partial charge in [-0.15, -0.1) is 0 Å². The van der Waals surface area contributed by atoms with Gasteiger partial charge in [-0.05, 0) is 11.8 Å². The second kappa shape index (κ2) is 4.73. The first-order valence-electron chi connectivity index (χ1n) is 5.54. The molecule has 17 heavy (non-hydrogen) atoms. The molecular weight excluding hydrogens is 224 g/mol. The Morgan fingerprint density at radius 1 is 1.47 bits per heavy atom. The molecule has 0 saturated carbocycles. The van der Waals surface area contributed by atoms with Crippen LogP contribution in [0.4, 0.5) is 0 Å². The number of carboxylic acid groups (broad SMARTS) is 1. The van der Waals surface area contributed by atoms with Crippen molar-refractivity contribution in [2.45, 2.75) is 45.7 Å². The van der Waals surface area contributed by atoms with Gasteiger partial charge in [-0.3, -0.25) is 9.59 Å². The fourth-order valence-electron chi connectivity index (χ4n) is 1.70. The number of aliphatic carboxylic acids is 1. The highest BCUT2D eigenvalue weighted by atomic mass is 16.4. The molecule has 2 atom stereocenters. The molecule has 0 aromatic heterocycles. The van der Waals surface area contributed by atoms with Crippen LogP contribution in [-0.4, -0.2) is 35.0 Å². The predicted molar refractivity (Wildman–Crippen MR) is 60.2 cm³/mol. The highest BCUT2D eigenvalue weighted by Crippen LogP contribution is 2.20. The number of hydrogen-bond donors (Lipinski definition) is 3. The third-order valence-corrected chi connectivity index (χ3v) is 2.71. The summed E-state index contributed by atoms with van der Waals surface area (Å²) >= 11 is 0. The zero-order chi connectivity index (χ0) is 13.2. The summed E-state index contributed by atoms with van der Waals surface area (Å²) in [5, 5.41) is 14.0. The van der Waals surface area contributed by atoms with Crippen molar-refractivity contribution in [3.63, 3.8) is 0 Å². The summed E-state index contributed by atoms with van der Waals surface area (Å²) in [5.74, 6) is -1.68. The molecule has 1 aliphatic rings. The highest BCUT2D eigenvalue weighted by Gasteiger charge is 2.36. The average molecular weight is 242 g/mol. The molecule has 0 spiro atoms. The number of hydrogen-bond acceptors (Lipinski definition) is 3. The van der Waals surface area contributed by atoms with E-state index in [4.69, 9.17) is 5.11 Å². The number of nitrogens with one attached hydrogen (secondary N) is 2. The van der Waals surface area contributed by atoms with E-state index < -0.39 is 29.4 Å². The van der Waals surface area contributed by atoms with Crippen LogP contribution >= 0.6 is 0 Å². The minimum absolute atomic E-state index is 0.173. The van der Waals surface area contributed by atoms with Gasteiger partial charge in [0.25, 0.3) is 0 Å². The summed E-state index contributed by atoms with van der Waals surface area (Å²) < 4.78 is 0. The summed E-state index contributed by atoms with van der Waals surface area (Å²) in [6.07, 6.45) is 0.729. The summed E-state index contributed by atoms with van der Waals surface area (Å²) in [6.45, 7) is 5.21. The van der Waals surface area contributed by atoms with Crippen LogP contribution in [0.3, 0.4) is 0 Å².